The zero-order valence-corrected chi connectivity index (χ0v) is 30.2. The van der Waals surface area contributed by atoms with E-state index in [1.165, 1.54) is 4.90 Å². The molecule has 8 atom stereocenters. The Morgan fingerprint density at radius 3 is 2.53 bits per heavy atom. The average molecular weight is 759 g/mol. The minimum absolute atomic E-state index is 0.0978. The van der Waals surface area contributed by atoms with Gasteiger partial charge in [0.25, 0.3) is 5.91 Å². The first-order valence-corrected chi connectivity index (χ1v) is 18.3. The number of halogens is 1. The van der Waals surface area contributed by atoms with Gasteiger partial charge in [0.1, 0.15) is 17.7 Å². The third kappa shape index (κ3) is 6.99. The number of alkyl halides is 1. The number of likely N-dealkylation sites (tertiary alicyclic amines) is 1. The molecule has 1 unspecified atom stereocenters. The van der Waals surface area contributed by atoms with Crippen LogP contribution >= 0.6 is 15.9 Å². The van der Waals surface area contributed by atoms with Gasteiger partial charge in [0, 0.05) is 23.5 Å². The second kappa shape index (κ2) is 15.5. The summed E-state index contributed by atoms with van der Waals surface area (Å²) in [6.45, 7) is 9.07. The lowest BCUT2D eigenvalue weighted by molar-refractivity contribution is -0.159. The maximum atomic E-state index is 15.2. The van der Waals surface area contributed by atoms with Gasteiger partial charge in [0.05, 0.1) is 37.1 Å². The number of anilines is 1. The largest absolute Gasteiger partial charge is 0.460 e. The van der Waals surface area contributed by atoms with E-state index in [9.17, 15) is 19.5 Å². The lowest BCUT2D eigenvalue weighted by Crippen LogP contribution is -2.59. The highest BCUT2D eigenvalue weighted by atomic mass is 79.9. The van der Waals surface area contributed by atoms with Gasteiger partial charge in [-0.25, -0.2) is 0 Å². The summed E-state index contributed by atoms with van der Waals surface area (Å²) < 4.78 is 12.6. The standard InChI is InChI=1S/C40H44BrN3O7/c1-4-6-16-32(46)42-23-25(3)50-39(49)33-34-37(47)44(30(24-45)20-26-12-8-7-9-13-26)36(40(34)22-31(41)35(33)51-40)38(48)43(19-5-2)29-18-17-27-14-10-11-15-28(27)21-29/h4-5,7-15,17-18,21,25,30-31,33-36,45H,1-2,6,16,19-20,22-24H2,3H3,(H,42,46)/t25-,30-,31?,33+,34-,35+,36+,40-/m1/s1. The summed E-state index contributed by atoms with van der Waals surface area (Å²) in [6, 6.07) is 21.1. The molecule has 0 aliphatic carbocycles. The molecule has 6 rings (SSSR count). The SMILES string of the molecule is C=CCCC(=O)NC[C@@H](C)OC(=O)[C@@H]1[C@H]2O[C@@]3(CC2Br)[C@H](C(=O)N(CC=C)c2ccc4ccccc4c2)N([C@@H](CO)Cc2ccccc2)C(=O)[C@@H]13. The van der Waals surface area contributed by atoms with Crippen molar-refractivity contribution in [3.63, 3.8) is 0 Å². The summed E-state index contributed by atoms with van der Waals surface area (Å²) in [6.07, 6.45) is 3.26. The van der Waals surface area contributed by atoms with Crippen molar-refractivity contribution < 1.29 is 33.8 Å². The Labute approximate surface area is 306 Å². The minimum Gasteiger partial charge on any atom is -0.460 e. The molecule has 51 heavy (non-hydrogen) atoms. The fraction of sp³-hybridized carbons (Fsp3) is 0.400. The Kier molecular flexibility index (Phi) is 11.1. The number of amides is 3. The van der Waals surface area contributed by atoms with Crippen molar-refractivity contribution in [3.05, 3.63) is 104 Å². The maximum absolute atomic E-state index is 15.2. The molecule has 268 valence electrons. The van der Waals surface area contributed by atoms with Gasteiger partial charge in [-0.2, -0.15) is 0 Å². The van der Waals surface area contributed by atoms with Crippen LogP contribution in [0.4, 0.5) is 5.69 Å². The van der Waals surface area contributed by atoms with Crippen LogP contribution in [0.15, 0.2) is 98.1 Å². The highest BCUT2D eigenvalue weighted by molar-refractivity contribution is 9.09. The normalized spacial score (nSPS) is 26.0. The van der Waals surface area contributed by atoms with E-state index in [1.54, 1.807) is 24.0 Å². The zero-order chi connectivity index (χ0) is 36.3. The van der Waals surface area contributed by atoms with Gasteiger partial charge in [-0.15, -0.1) is 13.2 Å². The molecular formula is C40H44BrN3O7. The highest BCUT2D eigenvalue weighted by Gasteiger charge is 2.77. The van der Waals surface area contributed by atoms with Crippen LogP contribution in [0.25, 0.3) is 10.8 Å². The second-order valence-corrected chi connectivity index (χ2v) is 14.8. The van der Waals surface area contributed by atoms with Crippen LogP contribution < -0.4 is 10.2 Å². The first-order valence-electron chi connectivity index (χ1n) is 17.4. The van der Waals surface area contributed by atoms with Crippen molar-refractivity contribution in [3.8, 4) is 0 Å². The molecule has 2 bridgehead atoms. The van der Waals surface area contributed by atoms with E-state index in [4.69, 9.17) is 9.47 Å². The van der Waals surface area contributed by atoms with Gasteiger partial charge in [0.15, 0.2) is 0 Å². The molecular weight excluding hydrogens is 714 g/mol. The number of esters is 1. The molecule has 0 saturated carbocycles. The molecule has 11 heteroatoms. The van der Waals surface area contributed by atoms with Gasteiger partial charge in [-0.1, -0.05) is 88.7 Å². The van der Waals surface area contributed by atoms with Crippen molar-refractivity contribution in [1.29, 1.82) is 0 Å². The van der Waals surface area contributed by atoms with Crippen LogP contribution in [-0.2, 0) is 35.1 Å². The molecule has 3 amide bonds. The van der Waals surface area contributed by atoms with Crippen LogP contribution in [0.1, 0.15) is 31.7 Å². The lowest BCUT2D eigenvalue weighted by atomic mass is 9.70. The number of allylic oxidation sites excluding steroid dienone is 1. The molecule has 3 aromatic carbocycles. The quantitative estimate of drug-likeness (QED) is 0.131. The number of aliphatic hydroxyl groups excluding tert-OH is 1. The van der Waals surface area contributed by atoms with Crippen molar-refractivity contribution in [2.75, 3.05) is 24.6 Å². The first-order chi connectivity index (χ1) is 24.6. The number of hydrogen-bond acceptors (Lipinski definition) is 7. The van der Waals surface area contributed by atoms with Gasteiger partial charge < -0.3 is 29.7 Å². The molecule has 3 aromatic rings. The molecule has 1 spiro atoms. The van der Waals surface area contributed by atoms with Gasteiger partial charge in [-0.3, -0.25) is 19.2 Å². The maximum Gasteiger partial charge on any atom is 0.312 e. The van der Waals surface area contributed by atoms with E-state index in [0.717, 1.165) is 16.3 Å². The van der Waals surface area contributed by atoms with Crippen LogP contribution in [0.5, 0.6) is 0 Å². The summed E-state index contributed by atoms with van der Waals surface area (Å²) in [5.74, 6) is -3.69. The van der Waals surface area contributed by atoms with E-state index in [0.29, 0.717) is 18.5 Å². The second-order valence-electron chi connectivity index (χ2n) is 13.6. The topological polar surface area (TPSA) is 125 Å². The molecule has 3 aliphatic rings. The molecule has 0 radical (unpaired) electrons. The monoisotopic (exact) mass is 757 g/mol. The number of carbonyl (C=O) groups excluding carboxylic acids is 4. The van der Waals surface area contributed by atoms with Crippen molar-refractivity contribution in [2.45, 2.75) is 67.3 Å². The number of nitrogens with zero attached hydrogens (tertiary/aromatic N) is 2. The number of fused-ring (bicyclic) bond motifs is 2. The van der Waals surface area contributed by atoms with Gasteiger partial charge in [-0.05, 0) is 54.7 Å². The smallest absolute Gasteiger partial charge is 0.312 e. The fourth-order valence-corrected chi connectivity index (χ4v) is 8.93. The molecule has 0 aromatic heterocycles. The summed E-state index contributed by atoms with van der Waals surface area (Å²) in [5.41, 5.74) is 0.127. The number of nitrogens with one attached hydrogen (secondary N) is 1. The summed E-state index contributed by atoms with van der Waals surface area (Å²) >= 11 is 3.72. The van der Waals surface area contributed by atoms with Crippen LogP contribution in [0.3, 0.4) is 0 Å². The fourth-order valence-electron chi connectivity index (χ4n) is 7.99. The minimum atomic E-state index is -1.38. The van der Waals surface area contributed by atoms with Crippen LogP contribution in [0.2, 0.25) is 0 Å². The Balaban J connectivity index is 1.37. The van der Waals surface area contributed by atoms with Crippen molar-refractivity contribution >= 4 is 56.1 Å². The predicted octanol–water partition coefficient (Wildman–Crippen LogP) is 4.72. The van der Waals surface area contributed by atoms with Crippen LogP contribution in [0, 0.1) is 11.8 Å². The van der Waals surface area contributed by atoms with Crippen molar-refractivity contribution in [2.24, 2.45) is 11.8 Å². The van der Waals surface area contributed by atoms with E-state index >= 15 is 4.79 Å². The first kappa shape index (κ1) is 36.5. The van der Waals surface area contributed by atoms with Gasteiger partial charge in [0.2, 0.25) is 11.8 Å². The van der Waals surface area contributed by atoms with Crippen molar-refractivity contribution in [1.82, 2.24) is 10.2 Å². The number of aliphatic hydroxyl groups is 1. The Hall–Kier alpha value is -4.32. The number of carbonyl (C=O) groups is 4. The Bertz CT molecular complexity index is 1800. The molecule has 10 nitrogen and oxygen atoms in total. The highest BCUT2D eigenvalue weighted by Crippen LogP contribution is 2.61. The molecule has 3 aliphatic heterocycles. The van der Waals surface area contributed by atoms with Crippen LogP contribution in [-0.4, -0.2) is 88.1 Å². The van der Waals surface area contributed by atoms with Gasteiger partial charge >= 0.3 is 5.97 Å². The number of rotatable bonds is 15. The van der Waals surface area contributed by atoms with E-state index in [2.05, 4.69) is 34.4 Å². The van der Waals surface area contributed by atoms with E-state index in [1.807, 2.05) is 72.8 Å². The average Bonchev–Trinajstić information content (AvgIpc) is 3.74. The number of benzene rings is 3. The third-order valence-corrected chi connectivity index (χ3v) is 11.1. The Morgan fingerprint density at radius 2 is 1.82 bits per heavy atom. The Morgan fingerprint density at radius 1 is 1.10 bits per heavy atom. The predicted molar refractivity (Wildman–Crippen MR) is 198 cm³/mol. The van der Waals surface area contributed by atoms with E-state index in [-0.39, 0.29) is 36.7 Å². The number of hydrogen-bond donors (Lipinski definition) is 2. The summed E-state index contributed by atoms with van der Waals surface area (Å²) in [4.78, 5) is 58.9. The zero-order valence-electron chi connectivity index (χ0n) is 28.7. The summed E-state index contributed by atoms with van der Waals surface area (Å²) in [7, 11) is 0. The third-order valence-electron chi connectivity index (χ3n) is 10.3. The molecule has 2 N–H and O–H groups in total. The molecule has 3 saturated heterocycles. The number of ether oxygens (including phenoxy) is 2. The van der Waals surface area contributed by atoms with E-state index < -0.39 is 66.1 Å². The summed E-state index contributed by atoms with van der Waals surface area (Å²) in [5, 5.41) is 15.6. The molecule has 3 heterocycles. The lowest BCUT2D eigenvalue weighted by Gasteiger charge is -2.39. The molecule has 3 fully saturated rings.